The molecule has 5 rings (SSSR count). The maximum Gasteiger partial charge on any atom is 0.244 e. The molecular formula is C31H39N3O5S. The summed E-state index contributed by atoms with van der Waals surface area (Å²) in [5, 5.41) is 16.6. The van der Waals surface area contributed by atoms with Crippen molar-refractivity contribution in [1.29, 1.82) is 0 Å². The molecule has 0 aliphatic carbocycles. The molecule has 3 saturated heterocycles. The number of nitrogens with one attached hydrogen (secondary N) is 2. The zero-order valence-electron chi connectivity index (χ0n) is 23.3. The molecule has 3 unspecified atom stereocenters. The highest BCUT2D eigenvalue weighted by atomic mass is 32.2. The van der Waals surface area contributed by atoms with Crippen molar-refractivity contribution in [3.63, 3.8) is 0 Å². The number of nitrogens with zero attached hydrogens (tertiary/aromatic N) is 1. The Kier molecular flexibility index (Phi) is 8.42. The fourth-order valence-electron chi connectivity index (χ4n) is 6.94. The van der Waals surface area contributed by atoms with Gasteiger partial charge in [0, 0.05) is 17.5 Å². The van der Waals surface area contributed by atoms with E-state index in [0.29, 0.717) is 18.8 Å². The summed E-state index contributed by atoms with van der Waals surface area (Å²) < 4.78 is 4.76. The summed E-state index contributed by atoms with van der Waals surface area (Å²) in [6, 6.07) is 15.1. The van der Waals surface area contributed by atoms with E-state index in [0.717, 1.165) is 30.6 Å². The number of aliphatic hydroxyl groups excluding tert-OH is 1. The van der Waals surface area contributed by atoms with Crippen molar-refractivity contribution in [2.24, 2.45) is 17.8 Å². The third-order valence-electron chi connectivity index (χ3n) is 8.69. The highest BCUT2D eigenvalue weighted by Gasteiger charge is 2.76. The predicted molar refractivity (Wildman–Crippen MR) is 156 cm³/mol. The molecule has 3 aliphatic heterocycles. The second-order valence-corrected chi connectivity index (χ2v) is 12.5. The molecule has 2 bridgehead atoms. The van der Waals surface area contributed by atoms with E-state index in [9.17, 15) is 19.5 Å². The number of benzene rings is 2. The molecule has 3 amide bonds. The SMILES string of the molecule is CCCCNC(=O)C1N([C@H](CO)c2ccccc2)C(=O)[C@@H]2[C@@H](C(=O)Nc3ccc(OCC)cc3)[C@H]3CC(C)C12S3. The first-order valence-corrected chi connectivity index (χ1v) is 15.2. The number of carbonyl (C=O) groups excluding carboxylic acids is 3. The lowest BCUT2D eigenvalue weighted by molar-refractivity contribution is -0.142. The molecule has 3 fully saturated rings. The number of amides is 3. The highest BCUT2D eigenvalue weighted by molar-refractivity contribution is 8.02. The molecule has 3 heterocycles. The predicted octanol–water partition coefficient (Wildman–Crippen LogP) is 4.01. The molecule has 214 valence electrons. The average molecular weight is 566 g/mol. The molecule has 40 heavy (non-hydrogen) atoms. The van der Waals surface area contributed by atoms with E-state index in [4.69, 9.17) is 4.74 Å². The van der Waals surface area contributed by atoms with Crippen LogP contribution in [0.25, 0.3) is 0 Å². The lowest BCUT2D eigenvalue weighted by atomic mass is 9.66. The fraction of sp³-hybridized carbons (Fsp3) is 0.516. The lowest BCUT2D eigenvalue weighted by Crippen LogP contribution is -2.57. The first-order chi connectivity index (χ1) is 19.4. The average Bonchev–Trinajstić information content (AvgIpc) is 3.55. The van der Waals surface area contributed by atoms with E-state index in [1.807, 2.05) is 49.4 Å². The number of fused-ring (bicyclic) bond motifs is 1. The number of likely N-dealkylation sites (tertiary alicyclic amines) is 1. The van der Waals surface area contributed by atoms with Crippen molar-refractivity contribution in [1.82, 2.24) is 10.2 Å². The van der Waals surface area contributed by atoms with Crippen LogP contribution in [0.1, 0.15) is 51.6 Å². The van der Waals surface area contributed by atoms with Crippen LogP contribution < -0.4 is 15.4 Å². The largest absolute Gasteiger partial charge is 0.494 e. The molecule has 8 nitrogen and oxygen atoms in total. The van der Waals surface area contributed by atoms with E-state index >= 15 is 0 Å². The quantitative estimate of drug-likeness (QED) is 0.356. The molecule has 7 atom stereocenters. The Morgan fingerprint density at radius 2 is 1.85 bits per heavy atom. The number of hydrogen-bond donors (Lipinski definition) is 3. The number of thioether (sulfide) groups is 1. The van der Waals surface area contributed by atoms with Gasteiger partial charge in [0.05, 0.1) is 35.8 Å². The maximum atomic E-state index is 14.4. The van der Waals surface area contributed by atoms with Crippen molar-refractivity contribution in [2.75, 3.05) is 25.1 Å². The molecule has 1 spiro atoms. The third-order valence-corrected chi connectivity index (χ3v) is 10.8. The summed E-state index contributed by atoms with van der Waals surface area (Å²) in [5.74, 6) is -1.11. The van der Waals surface area contributed by atoms with Gasteiger partial charge >= 0.3 is 0 Å². The number of anilines is 1. The van der Waals surface area contributed by atoms with Crippen LogP contribution in [-0.2, 0) is 14.4 Å². The Hall–Kier alpha value is -3.04. The molecular weight excluding hydrogens is 526 g/mol. The fourth-order valence-corrected chi connectivity index (χ4v) is 9.34. The summed E-state index contributed by atoms with van der Waals surface area (Å²) >= 11 is 1.63. The molecule has 3 aliphatic rings. The van der Waals surface area contributed by atoms with Gasteiger partial charge in [-0.05, 0) is 55.5 Å². The Balaban J connectivity index is 1.50. The Morgan fingerprint density at radius 1 is 1.12 bits per heavy atom. The van der Waals surface area contributed by atoms with Gasteiger partial charge in [-0.25, -0.2) is 0 Å². The van der Waals surface area contributed by atoms with E-state index in [1.165, 1.54) is 0 Å². The molecule has 0 aromatic heterocycles. The normalized spacial score (nSPS) is 29.2. The minimum absolute atomic E-state index is 0.0491. The van der Waals surface area contributed by atoms with Gasteiger partial charge in [-0.2, -0.15) is 0 Å². The molecule has 2 aromatic carbocycles. The number of ether oxygens (including phenoxy) is 1. The first kappa shape index (κ1) is 28.5. The number of rotatable bonds is 11. The minimum atomic E-state index is -0.785. The van der Waals surface area contributed by atoms with Gasteiger partial charge in [0.15, 0.2) is 0 Å². The van der Waals surface area contributed by atoms with Gasteiger partial charge in [0.1, 0.15) is 11.8 Å². The number of unbranched alkanes of at least 4 members (excludes halogenated alkanes) is 1. The van der Waals surface area contributed by atoms with Gasteiger partial charge in [-0.3, -0.25) is 14.4 Å². The maximum absolute atomic E-state index is 14.4. The molecule has 3 N–H and O–H groups in total. The van der Waals surface area contributed by atoms with Crippen molar-refractivity contribution >= 4 is 35.2 Å². The second kappa shape index (κ2) is 11.8. The summed E-state index contributed by atoms with van der Waals surface area (Å²) in [7, 11) is 0. The van der Waals surface area contributed by atoms with Crippen molar-refractivity contribution in [2.45, 2.75) is 62.1 Å². The van der Waals surface area contributed by atoms with Crippen LogP contribution in [0.4, 0.5) is 5.69 Å². The molecule has 0 radical (unpaired) electrons. The molecule has 2 aromatic rings. The Bertz CT molecular complexity index is 1230. The van der Waals surface area contributed by atoms with Crippen molar-refractivity contribution in [3.8, 4) is 5.75 Å². The third kappa shape index (κ3) is 4.77. The van der Waals surface area contributed by atoms with Gasteiger partial charge < -0.3 is 25.4 Å². The van der Waals surface area contributed by atoms with Crippen LogP contribution in [0.3, 0.4) is 0 Å². The summed E-state index contributed by atoms with van der Waals surface area (Å²) in [6.07, 6.45) is 2.52. The molecule has 9 heteroatoms. The van der Waals surface area contributed by atoms with Gasteiger partial charge in [0.2, 0.25) is 17.7 Å². The van der Waals surface area contributed by atoms with Gasteiger partial charge in [0.25, 0.3) is 0 Å². The zero-order chi connectivity index (χ0) is 28.4. The monoisotopic (exact) mass is 565 g/mol. The van der Waals surface area contributed by atoms with Gasteiger partial charge in [-0.1, -0.05) is 50.6 Å². The van der Waals surface area contributed by atoms with E-state index < -0.39 is 28.7 Å². The van der Waals surface area contributed by atoms with Crippen LogP contribution in [-0.4, -0.2) is 63.5 Å². The number of aliphatic hydroxyl groups is 1. The second-order valence-electron chi connectivity index (χ2n) is 11.0. The van der Waals surface area contributed by atoms with Crippen molar-refractivity contribution < 1.29 is 24.2 Å². The van der Waals surface area contributed by atoms with E-state index in [-0.39, 0.29) is 35.5 Å². The topological polar surface area (TPSA) is 108 Å². The van der Waals surface area contributed by atoms with Crippen LogP contribution in [0.2, 0.25) is 0 Å². The van der Waals surface area contributed by atoms with Crippen LogP contribution in [0.5, 0.6) is 5.75 Å². The standard InChI is InChI=1S/C31H39N3O5S/c1-4-6-16-32-29(37)27-31-19(3)17-24(40-31)25(28(36)33-21-12-14-22(15-13-21)39-5-2)26(31)30(38)34(27)23(18-35)20-10-8-7-9-11-20/h7-15,19,23-27,35H,4-6,16-18H2,1-3H3,(H,32,37)(H,33,36)/t19?,23-,24-,25+,26+,27?,31?/m1/s1. The Labute approximate surface area is 240 Å². The summed E-state index contributed by atoms with van der Waals surface area (Å²) in [6.45, 7) is 6.83. The van der Waals surface area contributed by atoms with Gasteiger partial charge in [-0.15, -0.1) is 11.8 Å². The number of carbonyl (C=O) groups is 3. The zero-order valence-corrected chi connectivity index (χ0v) is 24.2. The number of hydrogen-bond acceptors (Lipinski definition) is 6. The Morgan fingerprint density at radius 3 is 2.50 bits per heavy atom. The van der Waals surface area contributed by atoms with Crippen LogP contribution in [0, 0.1) is 17.8 Å². The van der Waals surface area contributed by atoms with E-state index in [1.54, 1.807) is 28.8 Å². The molecule has 0 saturated carbocycles. The first-order valence-electron chi connectivity index (χ1n) is 14.3. The summed E-state index contributed by atoms with van der Waals surface area (Å²) in [4.78, 5) is 43.8. The van der Waals surface area contributed by atoms with E-state index in [2.05, 4.69) is 24.5 Å². The summed E-state index contributed by atoms with van der Waals surface area (Å²) in [5.41, 5.74) is 1.40. The van der Waals surface area contributed by atoms with Crippen molar-refractivity contribution in [3.05, 3.63) is 60.2 Å². The van der Waals surface area contributed by atoms with Crippen LogP contribution in [0.15, 0.2) is 54.6 Å². The highest BCUT2D eigenvalue weighted by Crippen LogP contribution is 2.69. The van der Waals surface area contributed by atoms with Crippen LogP contribution >= 0.6 is 11.8 Å². The lowest BCUT2D eigenvalue weighted by Gasteiger charge is -2.40. The smallest absolute Gasteiger partial charge is 0.244 e. The minimum Gasteiger partial charge on any atom is -0.494 e.